The molecule has 0 amide bonds. The quantitative estimate of drug-likeness (QED) is 0.693. The van der Waals surface area contributed by atoms with Crippen molar-refractivity contribution in [3.8, 4) is 5.88 Å². The maximum absolute atomic E-state index is 13.2. The van der Waals surface area contributed by atoms with Gasteiger partial charge in [-0.05, 0) is 58.7 Å². The van der Waals surface area contributed by atoms with Crippen LogP contribution in [0, 0.1) is 5.82 Å². The Hall–Kier alpha value is -1.42. The average molecular weight is 364 g/mol. The maximum Gasteiger partial charge on any atom is 0.214 e. The van der Waals surface area contributed by atoms with Crippen molar-refractivity contribution in [2.75, 3.05) is 0 Å². The summed E-state index contributed by atoms with van der Waals surface area (Å²) in [6.07, 6.45) is 4.31. The Labute approximate surface area is 138 Å². The van der Waals surface area contributed by atoms with Gasteiger partial charge in [0.25, 0.3) is 0 Å². The largest absolute Gasteiger partial charge is 0.474 e. The molecule has 116 valence electrons. The molecule has 0 bridgehead atoms. The van der Waals surface area contributed by atoms with Crippen LogP contribution in [-0.2, 0) is 5.41 Å². The van der Waals surface area contributed by atoms with Crippen molar-refractivity contribution in [1.82, 2.24) is 4.98 Å². The van der Waals surface area contributed by atoms with Crippen LogP contribution < -0.4 is 4.74 Å². The number of ether oxygens (including phenoxy) is 1. The monoisotopic (exact) mass is 363 g/mol. The molecule has 1 fully saturated rings. The van der Waals surface area contributed by atoms with Crippen LogP contribution in [0.5, 0.6) is 5.88 Å². The highest BCUT2D eigenvalue weighted by Gasteiger charge is 2.33. The Morgan fingerprint density at radius 3 is 2.45 bits per heavy atom. The first-order valence-corrected chi connectivity index (χ1v) is 8.40. The number of halogens is 2. The molecule has 1 heterocycles. The second-order valence-corrected chi connectivity index (χ2v) is 6.92. The first-order valence-electron chi connectivity index (χ1n) is 7.61. The summed E-state index contributed by atoms with van der Waals surface area (Å²) in [6, 6.07) is 13.6. The SMILES string of the molecule is CC1(c2ccccc2)CCC(Oc2ccc(F)c(Br)n2)CC1. The first-order chi connectivity index (χ1) is 10.6. The summed E-state index contributed by atoms with van der Waals surface area (Å²) < 4.78 is 19.3. The molecule has 0 atom stereocenters. The molecule has 1 aromatic heterocycles. The minimum Gasteiger partial charge on any atom is -0.474 e. The van der Waals surface area contributed by atoms with E-state index in [9.17, 15) is 4.39 Å². The number of aromatic nitrogens is 1. The van der Waals surface area contributed by atoms with E-state index in [4.69, 9.17) is 4.74 Å². The molecule has 1 aliphatic carbocycles. The standard InChI is InChI=1S/C18H19BrFNO/c1-18(13-5-3-2-4-6-13)11-9-14(10-12-18)22-16-8-7-15(20)17(19)21-16/h2-8,14H,9-12H2,1H3. The highest BCUT2D eigenvalue weighted by atomic mass is 79.9. The fraction of sp³-hybridized carbons (Fsp3) is 0.389. The Morgan fingerprint density at radius 2 is 1.82 bits per heavy atom. The number of hydrogen-bond acceptors (Lipinski definition) is 2. The summed E-state index contributed by atoms with van der Waals surface area (Å²) >= 11 is 3.09. The Bertz CT molecular complexity index is 639. The molecule has 2 aromatic rings. The van der Waals surface area contributed by atoms with Crippen molar-refractivity contribution >= 4 is 15.9 Å². The number of rotatable bonds is 3. The third-order valence-electron chi connectivity index (χ3n) is 4.57. The van der Waals surface area contributed by atoms with E-state index in [1.807, 2.05) is 0 Å². The molecular formula is C18H19BrFNO. The fourth-order valence-electron chi connectivity index (χ4n) is 3.11. The van der Waals surface area contributed by atoms with Gasteiger partial charge in [-0.3, -0.25) is 0 Å². The normalized spacial score (nSPS) is 25.0. The van der Waals surface area contributed by atoms with Gasteiger partial charge in [0, 0.05) is 6.07 Å². The second kappa shape index (κ2) is 6.37. The summed E-state index contributed by atoms with van der Waals surface area (Å²) in [5.74, 6) is 0.120. The highest BCUT2D eigenvalue weighted by molar-refractivity contribution is 9.10. The van der Waals surface area contributed by atoms with Crippen molar-refractivity contribution in [1.29, 1.82) is 0 Å². The summed E-state index contributed by atoms with van der Waals surface area (Å²) in [5.41, 5.74) is 1.62. The molecule has 0 aliphatic heterocycles. The zero-order valence-electron chi connectivity index (χ0n) is 12.6. The van der Waals surface area contributed by atoms with Gasteiger partial charge < -0.3 is 4.74 Å². The Morgan fingerprint density at radius 1 is 1.14 bits per heavy atom. The summed E-state index contributed by atoms with van der Waals surface area (Å²) in [4.78, 5) is 4.08. The van der Waals surface area contributed by atoms with Gasteiger partial charge in [-0.25, -0.2) is 9.37 Å². The van der Waals surface area contributed by atoms with Crippen LogP contribution in [0.15, 0.2) is 47.1 Å². The molecular weight excluding hydrogens is 345 g/mol. The van der Waals surface area contributed by atoms with Gasteiger partial charge in [0.15, 0.2) is 5.82 Å². The number of nitrogens with zero attached hydrogens (tertiary/aromatic N) is 1. The van der Waals surface area contributed by atoms with Crippen LogP contribution in [0.3, 0.4) is 0 Å². The smallest absolute Gasteiger partial charge is 0.214 e. The van der Waals surface area contributed by atoms with Crippen molar-refractivity contribution < 1.29 is 9.13 Å². The minimum atomic E-state index is -0.368. The molecule has 1 aromatic carbocycles. The highest BCUT2D eigenvalue weighted by Crippen LogP contribution is 2.39. The summed E-state index contributed by atoms with van der Waals surface area (Å²) in [6.45, 7) is 2.32. The topological polar surface area (TPSA) is 22.1 Å². The lowest BCUT2D eigenvalue weighted by Crippen LogP contribution is -2.33. The Balaban J connectivity index is 1.63. The van der Waals surface area contributed by atoms with Gasteiger partial charge in [-0.15, -0.1) is 0 Å². The average Bonchev–Trinajstić information content (AvgIpc) is 2.54. The molecule has 2 nitrogen and oxygen atoms in total. The van der Waals surface area contributed by atoms with E-state index in [1.165, 1.54) is 11.6 Å². The van der Waals surface area contributed by atoms with Gasteiger partial charge in [0.1, 0.15) is 10.7 Å². The first kappa shape index (κ1) is 15.5. The molecule has 0 N–H and O–H groups in total. The lowest BCUT2D eigenvalue weighted by molar-refractivity contribution is 0.117. The van der Waals surface area contributed by atoms with Gasteiger partial charge in [-0.2, -0.15) is 0 Å². The van der Waals surface area contributed by atoms with Gasteiger partial charge in [0.2, 0.25) is 5.88 Å². The molecule has 0 spiro atoms. The van der Waals surface area contributed by atoms with E-state index < -0.39 is 0 Å². The number of hydrogen-bond donors (Lipinski definition) is 0. The molecule has 22 heavy (non-hydrogen) atoms. The number of benzene rings is 1. The molecule has 1 saturated carbocycles. The maximum atomic E-state index is 13.2. The lowest BCUT2D eigenvalue weighted by Gasteiger charge is -2.37. The molecule has 0 saturated heterocycles. The van der Waals surface area contributed by atoms with Crippen molar-refractivity contribution in [2.24, 2.45) is 0 Å². The number of pyridine rings is 1. The molecule has 0 radical (unpaired) electrons. The van der Waals surface area contributed by atoms with Crippen molar-refractivity contribution in [2.45, 2.75) is 44.1 Å². The second-order valence-electron chi connectivity index (χ2n) is 6.17. The summed E-state index contributed by atoms with van der Waals surface area (Å²) in [5, 5.41) is 0. The summed E-state index contributed by atoms with van der Waals surface area (Å²) in [7, 11) is 0. The van der Waals surface area contributed by atoms with E-state index >= 15 is 0 Å². The van der Waals surface area contributed by atoms with Crippen LogP contribution >= 0.6 is 15.9 Å². The van der Waals surface area contributed by atoms with Crippen LogP contribution in [0.25, 0.3) is 0 Å². The van der Waals surface area contributed by atoms with Crippen LogP contribution in [0.1, 0.15) is 38.2 Å². The van der Waals surface area contributed by atoms with Crippen molar-refractivity contribution in [3.05, 3.63) is 58.4 Å². The molecule has 4 heteroatoms. The predicted molar refractivity (Wildman–Crippen MR) is 88.6 cm³/mol. The van der Waals surface area contributed by atoms with Gasteiger partial charge in [-0.1, -0.05) is 37.3 Å². The zero-order valence-corrected chi connectivity index (χ0v) is 14.1. The fourth-order valence-corrected chi connectivity index (χ4v) is 3.42. The van der Waals surface area contributed by atoms with E-state index in [0.29, 0.717) is 5.88 Å². The van der Waals surface area contributed by atoms with E-state index in [2.05, 4.69) is 58.2 Å². The van der Waals surface area contributed by atoms with Crippen LogP contribution in [0.2, 0.25) is 0 Å². The molecule has 0 unspecified atom stereocenters. The van der Waals surface area contributed by atoms with E-state index in [1.54, 1.807) is 6.07 Å². The molecule has 1 aliphatic rings. The van der Waals surface area contributed by atoms with Gasteiger partial charge in [0.05, 0.1) is 0 Å². The predicted octanol–water partition coefficient (Wildman–Crippen LogP) is 5.26. The third kappa shape index (κ3) is 3.32. The van der Waals surface area contributed by atoms with E-state index in [0.717, 1.165) is 25.7 Å². The third-order valence-corrected chi connectivity index (χ3v) is 5.13. The van der Waals surface area contributed by atoms with Crippen molar-refractivity contribution in [3.63, 3.8) is 0 Å². The minimum absolute atomic E-state index is 0.154. The van der Waals surface area contributed by atoms with Crippen LogP contribution in [-0.4, -0.2) is 11.1 Å². The lowest BCUT2D eigenvalue weighted by atomic mass is 9.70. The zero-order chi connectivity index (χ0) is 15.6. The van der Waals surface area contributed by atoms with Gasteiger partial charge >= 0.3 is 0 Å². The molecule has 3 rings (SSSR count). The Kier molecular flexibility index (Phi) is 4.48. The van der Waals surface area contributed by atoms with Crippen LogP contribution in [0.4, 0.5) is 4.39 Å². The van der Waals surface area contributed by atoms with E-state index in [-0.39, 0.29) is 21.9 Å².